The first-order chi connectivity index (χ1) is 29.8. The number of ether oxygens (including phenoxy) is 1. The van der Waals surface area contributed by atoms with Gasteiger partial charge >= 0.3 is 0 Å². The maximum absolute atomic E-state index is 6.60. The molecule has 6 nitrogen and oxygen atoms in total. The van der Waals surface area contributed by atoms with Gasteiger partial charge < -0.3 is 4.74 Å². The van der Waals surface area contributed by atoms with Gasteiger partial charge in [0.1, 0.15) is 0 Å². The van der Waals surface area contributed by atoms with Crippen LogP contribution in [-0.2, 0) is 18.0 Å². The van der Waals surface area contributed by atoms with E-state index >= 15 is 0 Å². The fourth-order valence-electron chi connectivity index (χ4n) is 9.72. The number of hydrogen-bond donors (Lipinski definition) is 0. The van der Waals surface area contributed by atoms with Crippen LogP contribution in [0.4, 0.5) is 0 Å². The van der Waals surface area contributed by atoms with Crippen molar-refractivity contribution in [2.24, 2.45) is 0 Å². The monoisotopic (exact) mass is 787 g/mol. The van der Waals surface area contributed by atoms with Gasteiger partial charge in [-0.25, -0.2) is 0 Å². The maximum Gasteiger partial charge on any atom is 0.240 e. The van der Waals surface area contributed by atoms with Crippen molar-refractivity contribution >= 4 is 72.4 Å². The molecule has 60 heavy (non-hydrogen) atoms. The van der Waals surface area contributed by atoms with Gasteiger partial charge in [-0.2, -0.15) is 15.0 Å². The van der Waals surface area contributed by atoms with Gasteiger partial charge in [-0.1, -0.05) is 188 Å². The third-order valence-corrected chi connectivity index (χ3v) is 17.1. The molecule has 0 saturated heterocycles. The van der Waals surface area contributed by atoms with E-state index in [-0.39, 0.29) is 0 Å². The third kappa shape index (κ3) is 5.20. The predicted molar refractivity (Wildman–Crippen MR) is 246 cm³/mol. The average Bonchev–Trinajstić information content (AvgIpc) is 3.85. The highest BCUT2D eigenvalue weighted by atomic mass is 28.3. The Morgan fingerprint density at radius 2 is 0.767 bits per heavy atom. The lowest BCUT2D eigenvalue weighted by Crippen LogP contribution is -2.74. The molecule has 11 aromatic rings. The lowest BCUT2D eigenvalue weighted by atomic mass is 10.1. The Morgan fingerprint density at radius 3 is 1.23 bits per heavy atom. The van der Waals surface area contributed by atoms with Gasteiger partial charge in [-0.3, -0.25) is 9.13 Å². The third-order valence-electron chi connectivity index (χ3n) is 12.3. The van der Waals surface area contributed by atoms with E-state index < -0.39 is 8.07 Å². The van der Waals surface area contributed by atoms with E-state index in [0.29, 0.717) is 30.9 Å². The first-order valence-electron chi connectivity index (χ1n) is 20.4. The van der Waals surface area contributed by atoms with Crippen LogP contribution in [0.2, 0.25) is 0 Å². The standard InChI is InChI=1S/C53H37N5OSi/c1-4-18-39(19-5-1)60(40-20-6-2-7-21-40,41-22-8-3-9-23-41)42-32-30-36(31-33-42)51-54-52-56-53(55-51)58-48-29-13-11-25-44(48)46-27-15-17-38(50(46)58)35-59-34-37-16-14-26-45-43-24-10-12-28-47(43)57(52)49(37)45/h1-33H,34-35H2. The molecular weight excluding hydrogens is 751 g/mol. The molecule has 0 spiro atoms. The van der Waals surface area contributed by atoms with Crippen molar-refractivity contribution in [2.75, 3.05) is 0 Å². The summed E-state index contributed by atoms with van der Waals surface area (Å²) in [5.74, 6) is 1.72. The molecular formula is C53H37N5OSi. The minimum absolute atomic E-state index is 0.437. The molecule has 284 valence electrons. The van der Waals surface area contributed by atoms with Crippen LogP contribution in [0.15, 0.2) is 200 Å². The Labute approximate surface area is 347 Å². The molecule has 0 aliphatic carbocycles. The van der Waals surface area contributed by atoms with Crippen molar-refractivity contribution < 1.29 is 4.74 Å². The van der Waals surface area contributed by atoms with Crippen molar-refractivity contribution in [3.05, 3.63) is 211 Å². The number of hydrogen-bond acceptors (Lipinski definition) is 4. The van der Waals surface area contributed by atoms with Gasteiger partial charge in [-0.05, 0) is 32.9 Å². The first-order valence-corrected chi connectivity index (χ1v) is 22.4. The van der Waals surface area contributed by atoms with Crippen LogP contribution in [0.3, 0.4) is 0 Å². The number of fused-ring (bicyclic) bond motifs is 10. The zero-order valence-electron chi connectivity index (χ0n) is 32.6. The first kappa shape index (κ1) is 34.6. The molecule has 4 heterocycles. The van der Waals surface area contributed by atoms with Gasteiger partial charge in [0.2, 0.25) is 11.9 Å². The molecule has 0 amide bonds. The zero-order valence-corrected chi connectivity index (χ0v) is 33.6. The molecule has 0 N–H and O–H groups in total. The second kappa shape index (κ2) is 13.8. The Balaban J connectivity index is 1.14. The van der Waals surface area contributed by atoms with Crippen molar-refractivity contribution in [2.45, 2.75) is 13.2 Å². The fourth-order valence-corrected chi connectivity index (χ4v) is 14.5. The SMILES string of the molecule is c1ccc([Si](c2ccccc2)(c2ccccc2)c2ccc(-c3nc4nc(n3)-n3c5ccccc5c5cccc(c53)COCc3cccc5c6ccccc6n-4c35)cc2)cc1. The fraction of sp³-hybridized carbons (Fsp3) is 0.0377. The smallest absolute Gasteiger partial charge is 0.240 e. The van der Waals surface area contributed by atoms with E-state index in [2.05, 4.69) is 209 Å². The van der Waals surface area contributed by atoms with Crippen molar-refractivity contribution in [3.8, 4) is 23.3 Å². The summed E-state index contributed by atoms with van der Waals surface area (Å²) in [5.41, 5.74) is 7.21. The molecule has 2 bridgehead atoms. The number of aromatic nitrogens is 5. The quantitative estimate of drug-likeness (QED) is 0.129. The lowest BCUT2D eigenvalue weighted by Gasteiger charge is -2.34. The summed E-state index contributed by atoms with van der Waals surface area (Å²) >= 11 is 0. The van der Waals surface area contributed by atoms with E-state index in [4.69, 9.17) is 19.7 Å². The van der Waals surface area contributed by atoms with Crippen molar-refractivity contribution in [3.63, 3.8) is 0 Å². The van der Waals surface area contributed by atoms with Crippen molar-refractivity contribution in [1.29, 1.82) is 0 Å². The van der Waals surface area contributed by atoms with Gasteiger partial charge in [0, 0.05) is 38.2 Å². The largest absolute Gasteiger partial charge is 0.372 e. The van der Waals surface area contributed by atoms with Crippen LogP contribution in [0.1, 0.15) is 11.1 Å². The van der Waals surface area contributed by atoms with E-state index in [9.17, 15) is 0 Å². The van der Waals surface area contributed by atoms with E-state index in [0.717, 1.165) is 60.3 Å². The lowest BCUT2D eigenvalue weighted by molar-refractivity contribution is 0.108. The van der Waals surface area contributed by atoms with Crippen LogP contribution in [0.25, 0.3) is 66.9 Å². The highest BCUT2D eigenvalue weighted by molar-refractivity contribution is 7.19. The molecule has 1 aliphatic heterocycles. The van der Waals surface area contributed by atoms with Crippen LogP contribution in [0.5, 0.6) is 0 Å². The van der Waals surface area contributed by atoms with Crippen LogP contribution in [0, 0.1) is 0 Å². The molecule has 12 rings (SSSR count). The number of para-hydroxylation sites is 4. The highest BCUT2D eigenvalue weighted by Gasteiger charge is 2.41. The second-order valence-corrected chi connectivity index (χ2v) is 19.3. The van der Waals surface area contributed by atoms with Crippen LogP contribution < -0.4 is 20.7 Å². The number of nitrogens with zero attached hydrogens (tertiary/aromatic N) is 5. The second-order valence-electron chi connectivity index (χ2n) is 15.5. The number of benzene rings is 8. The molecule has 0 radical (unpaired) electrons. The van der Waals surface area contributed by atoms with Gasteiger partial charge in [0.25, 0.3) is 0 Å². The van der Waals surface area contributed by atoms with Gasteiger partial charge in [0.05, 0.1) is 35.3 Å². The molecule has 0 unspecified atom stereocenters. The molecule has 3 aromatic heterocycles. The average molecular weight is 788 g/mol. The Kier molecular flexibility index (Phi) is 7.98. The molecule has 8 aromatic carbocycles. The Morgan fingerprint density at radius 1 is 0.367 bits per heavy atom. The highest BCUT2D eigenvalue weighted by Crippen LogP contribution is 2.37. The molecule has 0 atom stereocenters. The topological polar surface area (TPSA) is 57.8 Å². The minimum atomic E-state index is -2.74. The summed E-state index contributed by atoms with van der Waals surface area (Å²) in [6.45, 7) is 0.874. The summed E-state index contributed by atoms with van der Waals surface area (Å²) in [6, 6.07) is 72.1. The Bertz CT molecular complexity index is 3160. The maximum atomic E-state index is 6.60. The van der Waals surface area contributed by atoms with Gasteiger partial charge in [-0.15, -0.1) is 0 Å². The van der Waals surface area contributed by atoms with Crippen molar-refractivity contribution in [1.82, 2.24) is 24.1 Å². The van der Waals surface area contributed by atoms with E-state index in [1.54, 1.807) is 0 Å². The van der Waals surface area contributed by atoms with Crippen LogP contribution >= 0.6 is 0 Å². The minimum Gasteiger partial charge on any atom is -0.372 e. The molecule has 0 fully saturated rings. The number of rotatable bonds is 5. The summed E-state index contributed by atoms with van der Waals surface area (Å²) in [4.78, 5) is 16.2. The Hall–Kier alpha value is -7.45. The normalized spacial score (nSPS) is 12.8. The molecule has 1 aliphatic rings. The molecule has 0 saturated carbocycles. The van der Waals surface area contributed by atoms with E-state index in [1.165, 1.54) is 20.7 Å². The van der Waals surface area contributed by atoms with Gasteiger partial charge in [0.15, 0.2) is 13.9 Å². The summed E-state index contributed by atoms with van der Waals surface area (Å²) in [5, 5.41) is 9.81. The summed E-state index contributed by atoms with van der Waals surface area (Å²) < 4.78 is 11.0. The van der Waals surface area contributed by atoms with E-state index in [1.807, 2.05) is 0 Å². The predicted octanol–water partition coefficient (Wildman–Crippen LogP) is 9.14. The summed E-state index contributed by atoms with van der Waals surface area (Å²) in [6.07, 6.45) is 0. The zero-order chi connectivity index (χ0) is 39.6. The summed E-state index contributed by atoms with van der Waals surface area (Å²) in [7, 11) is -2.74. The molecule has 7 heteroatoms. The van der Waals surface area contributed by atoms with Crippen LogP contribution in [-0.4, -0.2) is 32.2 Å².